The van der Waals surface area contributed by atoms with Crippen LogP contribution >= 0.6 is 0 Å². The summed E-state index contributed by atoms with van der Waals surface area (Å²) in [5.41, 5.74) is 0.0899. The van der Waals surface area contributed by atoms with Gasteiger partial charge in [-0.25, -0.2) is 19.2 Å². The Morgan fingerprint density at radius 2 is 0.789 bits per heavy atom. The van der Waals surface area contributed by atoms with E-state index < -0.39 is 29.7 Å². The van der Waals surface area contributed by atoms with Gasteiger partial charge in [0.1, 0.15) is 23.0 Å². The summed E-state index contributed by atoms with van der Waals surface area (Å²) in [7, 11) is 0. The fourth-order valence-electron chi connectivity index (χ4n) is 2.58. The zero-order valence-corrected chi connectivity index (χ0v) is 21.5. The molecule has 0 aliphatic heterocycles. The monoisotopic (exact) mass is 518 g/mol. The number of hydrogen-bond acceptors (Lipinski definition) is 9. The Morgan fingerprint density at radius 1 is 0.500 bits per heavy atom. The first-order valence-corrected chi connectivity index (χ1v) is 11.0. The molecule has 9 nitrogen and oxygen atoms in total. The summed E-state index contributed by atoms with van der Waals surface area (Å²) in [4.78, 5) is 62.0. The van der Waals surface area contributed by atoms with Crippen LogP contribution in [0, 0.1) is 0 Å². The summed E-state index contributed by atoms with van der Waals surface area (Å²) in [6.07, 6.45) is 0. The summed E-state index contributed by atoms with van der Waals surface area (Å²) < 4.78 is 21.0. The maximum atomic E-state index is 13.6. The van der Waals surface area contributed by atoms with Gasteiger partial charge in [-0.3, -0.25) is 4.79 Å². The highest BCUT2D eigenvalue weighted by Crippen LogP contribution is 2.33. The predicted octanol–water partition coefficient (Wildman–Crippen LogP) is 4.84. The van der Waals surface area contributed by atoms with Gasteiger partial charge >= 0.3 is 23.9 Å². The van der Waals surface area contributed by atoms with Crippen LogP contribution in [0.15, 0.2) is 85.0 Å². The normalized spacial score (nSPS) is 10.0. The van der Waals surface area contributed by atoms with Crippen molar-refractivity contribution in [2.24, 2.45) is 0 Å². The number of rotatable bonds is 10. The van der Waals surface area contributed by atoms with E-state index in [-0.39, 0.29) is 56.4 Å². The van der Waals surface area contributed by atoms with Gasteiger partial charge in [0.05, 0.1) is 11.1 Å². The van der Waals surface area contributed by atoms with Crippen molar-refractivity contribution in [3.8, 4) is 23.0 Å². The Morgan fingerprint density at radius 3 is 1.08 bits per heavy atom. The van der Waals surface area contributed by atoms with Gasteiger partial charge in [0.15, 0.2) is 0 Å². The van der Waals surface area contributed by atoms with Gasteiger partial charge in [-0.15, -0.1) is 0 Å². The van der Waals surface area contributed by atoms with Crippen molar-refractivity contribution >= 4 is 29.7 Å². The zero-order valence-electron chi connectivity index (χ0n) is 21.5. The Kier molecular flexibility index (Phi) is 9.42. The van der Waals surface area contributed by atoms with Crippen molar-refractivity contribution in [1.29, 1.82) is 0 Å². The minimum absolute atomic E-state index is 0.0185. The van der Waals surface area contributed by atoms with Gasteiger partial charge in [-0.1, -0.05) is 26.3 Å². The summed E-state index contributed by atoms with van der Waals surface area (Å²) in [6.45, 7) is 19.8. The summed E-state index contributed by atoms with van der Waals surface area (Å²) in [6, 6.07) is 7.52. The van der Waals surface area contributed by atoms with E-state index in [0.29, 0.717) is 0 Å². The average Bonchev–Trinajstić information content (AvgIpc) is 2.83. The van der Waals surface area contributed by atoms with E-state index in [0.717, 1.165) is 0 Å². The highest BCUT2D eigenvalue weighted by molar-refractivity contribution is 6.13. The molecule has 0 aromatic heterocycles. The summed E-state index contributed by atoms with van der Waals surface area (Å²) in [5.74, 6) is -4.38. The first kappa shape index (κ1) is 29.2. The maximum absolute atomic E-state index is 13.6. The third-order valence-corrected chi connectivity index (χ3v) is 4.62. The Labute approximate surface area is 219 Å². The molecule has 0 saturated heterocycles. The van der Waals surface area contributed by atoms with Gasteiger partial charge in [-0.05, 0) is 52.0 Å². The molecular formula is C29H26O9. The zero-order chi connectivity index (χ0) is 28.7. The first-order valence-electron chi connectivity index (χ1n) is 11.0. The molecule has 0 aliphatic carbocycles. The third-order valence-electron chi connectivity index (χ3n) is 4.62. The molecule has 38 heavy (non-hydrogen) atoms. The van der Waals surface area contributed by atoms with E-state index in [2.05, 4.69) is 26.3 Å². The fourth-order valence-corrected chi connectivity index (χ4v) is 2.58. The van der Waals surface area contributed by atoms with Crippen molar-refractivity contribution in [1.82, 2.24) is 0 Å². The number of esters is 4. The minimum atomic E-state index is -0.835. The second kappa shape index (κ2) is 12.3. The molecule has 0 amide bonds. The van der Waals surface area contributed by atoms with Crippen LogP contribution in [0.5, 0.6) is 23.0 Å². The number of benzene rings is 2. The molecule has 2 rings (SSSR count). The number of ketones is 1. The molecular weight excluding hydrogens is 492 g/mol. The highest BCUT2D eigenvalue weighted by atomic mass is 16.6. The minimum Gasteiger partial charge on any atom is -0.423 e. The predicted molar refractivity (Wildman–Crippen MR) is 138 cm³/mol. The number of hydrogen-bond donors (Lipinski definition) is 0. The standard InChI is InChI=1S/C29H26O9/c1-15(2)26(31)35-19-9-11-21(23(13-19)37-28(33)17(5)6)25(30)22-12-10-20(36-27(32)16(3)4)14-24(22)38-29(34)18(7)8/h9-14H,1,3,5,7H2,2,4,6,8H3. The van der Waals surface area contributed by atoms with E-state index in [1.54, 1.807) is 0 Å². The van der Waals surface area contributed by atoms with Crippen molar-refractivity contribution in [2.45, 2.75) is 27.7 Å². The molecule has 0 aliphatic rings. The molecule has 2 aromatic rings. The summed E-state index contributed by atoms with van der Waals surface area (Å²) >= 11 is 0. The van der Waals surface area contributed by atoms with Gasteiger partial charge in [-0.2, -0.15) is 0 Å². The third kappa shape index (κ3) is 7.47. The van der Waals surface area contributed by atoms with E-state index in [9.17, 15) is 24.0 Å². The van der Waals surface area contributed by atoms with Crippen molar-refractivity contribution in [3.63, 3.8) is 0 Å². The maximum Gasteiger partial charge on any atom is 0.338 e. The molecule has 0 saturated carbocycles. The number of carbonyl (C=O) groups is 5. The van der Waals surface area contributed by atoms with Gasteiger partial charge in [0, 0.05) is 34.4 Å². The SMILES string of the molecule is C=C(C)C(=O)Oc1ccc(C(=O)c2ccc(OC(=O)C(=C)C)cc2OC(=O)C(=C)C)c(OC(=O)C(=C)C)c1. The molecule has 0 atom stereocenters. The van der Waals surface area contributed by atoms with E-state index in [4.69, 9.17) is 18.9 Å². The molecule has 0 radical (unpaired) electrons. The Balaban J connectivity index is 2.62. The first-order chi connectivity index (χ1) is 17.7. The smallest absolute Gasteiger partial charge is 0.338 e. The van der Waals surface area contributed by atoms with Crippen molar-refractivity contribution < 1.29 is 42.9 Å². The van der Waals surface area contributed by atoms with E-state index >= 15 is 0 Å². The molecule has 0 heterocycles. The highest BCUT2D eigenvalue weighted by Gasteiger charge is 2.24. The van der Waals surface area contributed by atoms with Gasteiger partial charge in [0.25, 0.3) is 0 Å². The van der Waals surface area contributed by atoms with Gasteiger partial charge in [0.2, 0.25) is 5.78 Å². The van der Waals surface area contributed by atoms with Crippen LogP contribution < -0.4 is 18.9 Å². The van der Waals surface area contributed by atoms with Crippen LogP contribution in [0.25, 0.3) is 0 Å². The second-order valence-corrected chi connectivity index (χ2v) is 8.32. The van der Waals surface area contributed by atoms with Crippen LogP contribution in [-0.4, -0.2) is 29.7 Å². The fraction of sp³-hybridized carbons (Fsp3) is 0.138. The molecule has 0 spiro atoms. The van der Waals surface area contributed by atoms with E-state index in [1.165, 1.54) is 64.1 Å². The largest absolute Gasteiger partial charge is 0.423 e. The Bertz CT molecular complexity index is 1300. The van der Waals surface area contributed by atoms with Crippen LogP contribution in [-0.2, 0) is 19.2 Å². The molecule has 0 N–H and O–H groups in total. The lowest BCUT2D eigenvalue weighted by atomic mass is 10.0. The van der Waals surface area contributed by atoms with Crippen LogP contribution in [0.1, 0.15) is 43.6 Å². The van der Waals surface area contributed by atoms with Crippen molar-refractivity contribution in [3.05, 3.63) is 96.1 Å². The quantitative estimate of drug-likeness (QED) is 0.188. The topological polar surface area (TPSA) is 122 Å². The molecule has 0 fully saturated rings. The Hall–Kier alpha value is -5.05. The van der Waals surface area contributed by atoms with Gasteiger partial charge < -0.3 is 18.9 Å². The molecule has 196 valence electrons. The van der Waals surface area contributed by atoms with Crippen LogP contribution in [0.2, 0.25) is 0 Å². The van der Waals surface area contributed by atoms with Crippen molar-refractivity contribution in [2.75, 3.05) is 0 Å². The van der Waals surface area contributed by atoms with E-state index in [1.807, 2.05) is 0 Å². The molecule has 0 unspecified atom stereocenters. The summed E-state index contributed by atoms with van der Waals surface area (Å²) in [5, 5.41) is 0. The molecule has 0 bridgehead atoms. The van der Waals surface area contributed by atoms with Crippen LogP contribution in [0.4, 0.5) is 0 Å². The molecule has 9 heteroatoms. The average molecular weight is 519 g/mol. The second-order valence-electron chi connectivity index (χ2n) is 8.32. The van der Waals surface area contributed by atoms with Crippen LogP contribution in [0.3, 0.4) is 0 Å². The lowest BCUT2D eigenvalue weighted by Gasteiger charge is -2.15. The number of carbonyl (C=O) groups excluding carboxylic acids is 5. The molecule has 2 aromatic carbocycles. The lowest BCUT2D eigenvalue weighted by molar-refractivity contribution is -0.131. The lowest BCUT2D eigenvalue weighted by Crippen LogP contribution is -2.16. The number of ether oxygens (including phenoxy) is 4.